The monoisotopic (exact) mass is 321 g/mol. The molecule has 0 aliphatic heterocycles. The molecule has 0 radical (unpaired) electrons. The van der Waals surface area contributed by atoms with Crippen LogP contribution in [-0.4, -0.2) is 21.5 Å². The lowest BCUT2D eigenvalue weighted by Crippen LogP contribution is -2.26. The van der Waals surface area contributed by atoms with Gasteiger partial charge in [0.2, 0.25) is 5.96 Å². The molecule has 122 valence electrons. The number of guanidine groups is 2. The highest BCUT2D eigenvalue weighted by molar-refractivity contribution is 5.94. The summed E-state index contributed by atoms with van der Waals surface area (Å²) in [5.74, 6) is 0.822. The number of aliphatic imine (C=N–C) groups is 2. The van der Waals surface area contributed by atoms with Crippen LogP contribution in [0.25, 0.3) is 11.0 Å². The molecule has 2 aromatic carbocycles. The second-order valence-electron chi connectivity index (χ2n) is 5.41. The second-order valence-corrected chi connectivity index (χ2v) is 5.41. The number of nitrogens with two attached hydrogens (primary N) is 3. The molecule has 0 bridgehead atoms. The summed E-state index contributed by atoms with van der Waals surface area (Å²) in [6.45, 7) is 2.75. The first-order chi connectivity index (χ1) is 11.5. The lowest BCUT2D eigenvalue weighted by Gasteiger charge is -2.07. The molecular formula is C17H19N7. The Bertz CT molecular complexity index is 919. The molecule has 1 heterocycles. The molecule has 0 fully saturated rings. The van der Waals surface area contributed by atoms with E-state index in [4.69, 9.17) is 17.2 Å². The molecule has 24 heavy (non-hydrogen) atoms. The SMILES string of the molecule is Cc1nc2cc(N=C(N)N=C(N)N)ccc2n1Cc1ccccc1. The van der Waals surface area contributed by atoms with Crippen LogP contribution in [0.1, 0.15) is 11.4 Å². The topological polar surface area (TPSA) is 121 Å². The third-order valence-electron chi connectivity index (χ3n) is 3.59. The standard InChI is InChI=1S/C17H19N7/c1-11-21-14-9-13(22-17(20)23-16(18)19)7-8-15(14)24(11)10-12-5-3-2-4-6-12/h2-9H,10H2,1H3,(H6,18,19,20,22,23). The molecule has 0 aliphatic rings. The van der Waals surface area contributed by atoms with Gasteiger partial charge in [0.05, 0.1) is 16.7 Å². The first-order valence-corrected chi connectivity index (χ1v) is 7.47. The molecule has 7 heteroatoms. The maximum absolute atomic E-state index is 5.66. The van der Waals surface area contributed by atoms with E-state index in [0.717, 1.165) is 23.4 Å². The van der Waals surface area contributed by atoms with E-state index in [-0.39, 0.29) is 11.9 Å². The van der Waals surface area contributed by atoms with Crippen molar-refractivity contribution in [1.82, 2.24) is 9.55 Å². The van der Waals surface area contributed by atoms with Crippen LogP contribution in [0, 0.1) is 6.92 Å². The van der Waals surface area contributed by atoms with Crippen molar-refractivity contribution in [1.29, 1.82) is 0 Å². The van der Waals surface area contributed by atoms with Gasteiger partial charge in [-0.25, -0.2) is 9.98 Å². The normalized spacial score (nSPS) is 11.6. The number of imidazole rings is 1. The summed E-state index contributed by atoms with van der Waals surface area (Å²) < 4.78 is 2.16. The summed E-state index contributed by atoms with van der Waals surface area (Å²) in [6.07, 6.45) is 0. The summed E-state index contributed by atoms with van der Waals surface area (Å²) in [7, 11) is 0. The van der Waals surface area contributed by atoms with Gasteiger partial charge >= 0.3 is 0 Å². The van der Waals surface area contributed by atoms with Crippen LogP contribution in [-0.2, 0) is 6.54 Å². The molecule has 0 amide bonds. The molecule has 1 aromatic heterocycles. The number of fused-ring (bicyclic) bond motifs is 1. The summed E-state index contributed by atoms with van der Waals surface area (Å²) >= 11 is 0. The van der Waals surface area contributed by atoms with E-state index < -0.39 is 0 Å². The van der Waals surface area contributed by atoms with Crippen LogP contribution in [0.5, 0.6) is 0 Å². The molecule has 0 saturated carbocycles. The zero-order valence-electron chi connectivity index (χ0n) is 13.3. The van der Waals surface area contributed by atoms with Crippen molar-refractivity contribution < 1.29 is 0 Å². The van der Waals surface area contributed by atoms with Crippen LogP contribution in [0.15, 0.2) is 58.5 Å². The van der Waals surface area contributed by atoms with Gasteiger partial charge in [0, 0.05) is 6.54 Å². The number of nitrogens with zero attached hydrogens (tertiary/aromatic N) is 4. The Morgan fingerprint density at radius 2 is 1.83 bits per heavy atom. The maximum Gasteiger partial charge on any atom is 0.223 e. The summed E-state index contributed by atoms with van der Waals surface area (Å²) in [6, 6.07) is 16.0. The molecule has 0 spiro atoms. The van der Waals surface area contributed by atoms with Crippen LogP contribution in [0.4, 0.5) is 5.69 Å². The summed E-state index contributed by atoms with van der Waals surface area (Å²) in [5.41, 5.74) is 20.0. The highest BCUT2D eigenvalue weighted by Gasteiger charge is 2.08. The lowest BCUT2D eigenvalue weighted by molar-refractivity contribution is 0.786. The van der Waals surface area contributed by atoms with E-state index in [0.29, 0.717) is 5.69 Å². The van der Waals surface area contributed by atoms with Crippen molar-refractivity contribution >= 4 is 28.6 Å². The predicted octanol–water partition coefficient (Wildman–Crippen LogP) is 1.61. The van der Waals surface area contributed by atoms with Gasteiger partial charge < -0.3 is 21.8 Å². The van der Waals surface area contributed by atoms with Crippen LogP contribution in [0.2, 0.25) is 0 Å². The number of aryl methyl sites for hydroxylation is 1. The minimum atomic E-state index is -0.125. The highest BCUT2D eigenvalue weighted by atomic mass is 15.1. The van der Waals surface area contributed by atoms with Crippen molar-refractivity contribution in [2.45, 2.75) is 13.5 Å². The molecule has 6 N–H and O–H groups in total. The molecule has 3 aromatic rings. The summed E-state index contributed by atoms with van der Waals surface area (Å²) in [5, 5.41) is 0. The first kappa shape index (κ1) is 15.5. The highest BCUT2D eigenvalue weighted by Crippen LogP contribution is 2.23. The molecule has 3 rings (SSSR count). The molecule has 0 aliphatic carbocycles. The number of hydrogen-bond donors (Lipinski definition) is 3. The Labute approximate surface area is 139 Å². The van der Waals surface area contributed by atoms with Gasteiger partial charge in [-0.3, -0.25) is 0 Å². The molecular weight excluding hydrogens is 302 g/mol. The third kappa shape index (κ3) is 3.35. The van der Waals surface area contributed by atoms with Gasteiger partial charge in [0.1, 0.15) is 5.82 Å². The van der Waals surface area contributed by atoms with Crippen LogP contribution in [0.3, 0.4) is 0 Å². The number of aromatic nitrogens is 2. The number of rotatable bonds is 3. The summed E-state index contributed by atoms with van der Waals surface area (Å²) in [4.78, 5) is 12.5. The smallest absolute Gasteiger partial charge is 0.223 e. The fraction of sp³-hybridized carbons (Fsp3) is 0.118. The largest absolute Gasteiger partial charge is 0.370 e. The predicted molar refractivity (Wildman–Crippen MR) is 97.1 cm³/mol. The van der Waals surface area contributed by atoms with Gasteiger partial charge in [-0.15, -0.1) is 0 Å². The molecule has 0 saturated heterocycles. The molecule has 7 nitrogen and oxygen atoms in total. The lowest BCUT2D eigenvalue weighted by atomic mass is 10.2. The Kier molecular flexibility index (Phi) is 4.15. The quantitative estimate of drug-likeness (QED) is 0.501. The van der Waals surface area contributed by atoms with E-state index in [9.17, 15) is 0 Å². The van der Waals surface area contributed by atoms with Gasteiger partial charge in [0.25, 0.3) is 0 Å². The maximum atomic E-state index is 5.66. The Morgan fingerprint density at radius 1 is 1.08 bits per heavy atom. The van der Waals surface area contributed by atoms with Crippen molar-refractivity contribution in [2.24, 2.45) is 27.2 Å². The Balaban J connectivity index is 1.97. The van der Waals surface area contributed by atoms with Gasteiger partial charge in [-0.05, 0) is 30.7 Å². The van der Waals surface area contributed by atoms with E-state index in [1.54, 1.807) is 0 Å². The fourth-order valence-electron chi connectivity index (χ4n) is 2.56. The van der Waals surface area contributed by atoms with E-state index >= 15 is 0 Å². The van der Waals surface area contributed by atoms with Crippen molar-refractivity contribution in [2.75, 3.05) is 0 Å². The zero-order valence-corrected chi connectivity index (χ0v) is 13.3. The first-order valence-electron chi connectivity index (χ1n) is 7.47. The number of benzene rings is 2. The van der Waals surface area contributed by atoms with Gasteiger partial charge in [0.15, 0.2) is 5.96 Å². The molecule has 0 atom stereocenters. The van der Waals surface area contributed by atoms with Crippen molar-refractivity contribution in [3.63, 3.8) is 0 Å². The Morgan fingerprint density at radius 3 is 2.54 bits per heavy atom. The second kappa shape index (κ2) is 6.41. The number of hydrogen-bond acceptors (Lipinski definition) is 2. The van der Waals surface area contributed by atoms with Crippen LogP contribution >= 0.6 is 0 Å². The van der Waals surface area contributed by atoms with Crippen molar-refractivity contribution in [3.8, 4) is 0 Å². The van der Waals surface area contributed by atoms with E-state index in [1.807, 2.05) is 43.3 Å². The average Bonchev–Trinajstić information content (AvgIpc) is 2.82. The third-order valence-corrected chi connectivity index (χ3v) is 3.59. The van der Waals surface area contributed by atoms with E-state index in [1.165, 1.54) is 5.56 Å². The van der Waals surface area contributed by atoms with E-state index in [2.05, 4.69) is 31.7 Å². The van der Waals surface area contributed by atoms with Crippen LogP contribution < -0.4 is 17.2 Å². The van der Waals surface area contributed by atoms with Crippen molar-refractivity contribution in [3.05, 3.63) is 59.9 Å². The van der Waals surface area contributed by atoms with Gasteiger partial charge in [-0.1, -0.05) is 30.3 Å². The minimum Gasteiger partial charge on any atom is -0.370 e. The molecule has 0 unspecified atom stereocenters. The van der Waals surface area contributed by atoms with Gasteiger partial charge in [-0.2, -0.15) is 4.99 Å². The Hall–Kier alpha value is -3.35. The average molecular weight is 321 g/mol. The fourth-order valence-corrected chi connectivity index (χ4v) is 2.56. The zero-order chi connectivity index (χ0) is 17.1. The minimum absolute atomic E-state index is 0.00906.